The van der Waals surface area contributed by atoms with E-state index in [0.717, 1.165) is 16.9 Å². The van der Waals surface area contributed by atoms with Crippen LogP contribution in [0.5, 0.6) is 0 Å². The Labute approximate surface area is 92.9 Å². The fraction of sp³-hybridized carbons (Fsp3) is 0.364. The number of pyridine rings is 1. The molecule has 2 heterocycles. The van der Waals surface area contributed by atoms with Gasteiger partial charge in [0.25, 0.3) is 0 Å². The highest BCUT2D eigenvalue weighted by Crippen LogP contribution is 2.40. The van der Waals surface area contributed by atoms with E-state index < -0.39 is 0 Å². The Morgan fingerprint density at radius 1 is 1.53 bits per heavy atom. The number of halogens is 1. The van der Waals surface area contributed by atoms with Crippen LogP contribution in [0.3, 0.4) is 0 Å². The number of aromatic nitrogens is 2. The van der Waals surface area contributed by atoms with E-state index in [1.165, 1.54) is 12.8 Å². The lowest BCUT2D eigenvalue weighted by Crippen LogP contribution is -1.98. The maximum absolute atomic E-state index is 6.11. The standard InChI is InChI=1S/C11H12ClN3/c12-10-9-5-7(6-13)3-4-15(9)11(14-10)8-1-2-8/h3-5,8H,1-2,6,13H2. The first kappa shape index (κ1) is 9.19. The third kappa shape index (κ3) is 1.43. The monoisotopic (exact) mass is 221 g/mol. The van der Waals surface area contributed by atoms with Crippen molar-refractivity contribution in [1.82, 2.24) is 9.38 Å². The SMILES string of the molecule is NCc1ccn2c(C3CC3)nc(Cl)c2c1. The highest BCUT2D eigenvalue weighted by atomic mass is 35.5. The van der Waals surface area contributed by atoms with E-state index in [1.807, 2.05) is 18.3 Å². The Balaban J connectivity index is 2.23. The molecule has 0 amide bonds. The van der Waals surface area contributed by atoms with Gasteiger partial charge in [-0.1, -0.05) is 11.6 Å². The zero-order valence-electron chi connectivity index (χ0n) is 8.28. The number of imidazole rings is 1. The zero-order chi connectivity index (χ0) is 10.4. The lowest BCUT2D eigenvalue weighted by Gasteiger charge is -2.01. The maximum Gasteiger partial charge on any atom is 0.155 e. The minimum Gasteiger partial charge on any atom is -0.326 e. The molecule has 2 aromatic heterocycles. The van der Waals surface area contributed by atoms with Crippen molar-refractivity contribution >= 4 is 17.1 Å². The quantitative estimate of drug-likeness (QED) is 0.846. The average Bonchev–Trinajstić information content (AvgIpc) is 3.05. The molecule has 0 aliphatic heterocycles. The Kier molecular flexibility index (Phi) is 1.97. The van der Waals surface area contributed by atoms with E-state index in [4.69, 9.17) is 17.3 Å². The fourth-order valence-electron chi connectivity index (χ4n) is 1.87. The van der Waals surface area contributed by atoms with Gasteiger partial charge in [-0.15, -0.1) is 0 Å². The summed E-state index contributed by atoms with van der Waals surface area (Å²) in [4.78, 5) is 4.41. The topological polar surface area (TPSA) is 43.3 Å². The number of nitrogens with zero attached hydrogens (tertiary/aromatic N) is 2. The minimum absolute atomic E-state index is 0.538. The summed E-state index contributed by atoms with van der Waals surface area (Å²) in [5, 5.41) is 0.590. The number of rotatable bonds is 2. The van der Waals surface area contributed by atoms with Gasteiger partial charge in [0, 0.05) is 18.7 Å². The van der Waals surface area contributed by atoms with Crippen molar-refractivity contribution in [3.63, 3.8) is 0 Å². The first-order chi connectivity index (χ1) is 7.29. The number of fused-ring (bicyclic) bond motifs is 1. The maximum atomic E-state index is 6.11. The Morgan fingerprint density at radius 3 is 3.00 bits per heavy atom. The minimum atomic E-state index is 0.538. The van der Waals surface area contributed by atoms with Gasteiger partial charge in [0.1, 0.15) is 5.82 Å². The molecule has 1 aliphatic rings. The Morgan fingerprint density at radius 2 is 2.33 bits per heavy atom. The van der Waals surface area contributed by atoms with Crippen LogP contribution < -0.4 is 5.73 Å². The van der Waals surface area contributed by atoms with Gasteiger partial charge in [0.15, 0.2) is 5.15 Å². The lowest BCUT2D eigenvalue weighted by atomic mass is 10.2. The Hall–Kier alpha value is -1.06. The Bertz CT molecular complexity index is 514. The van der Waals surface area contributed by atoms with Crippen molar-refractivity contribution < 1.29 is 0 Å². The second-order valence-corrected chi connectivity index (χ2v) is 4.39. The third-order valence-electron chi connectivity index (χ3n) is 2.87. The summed E-state index contributed by atoms with van der Waals surface area (Å²) in [5.74, 6) is 1.70. The molecule has 4 heteroatoms. The number of hydrogen-bond donors (Lipinski definition) is 1. The summed E-state index contributed by atoms with van der Waals surface area (Å²) in [7, 11) is 0. The van der Waals surface area contributed by atoms with Gasteiger partial charge in [-0.2, -0.15) is 0 Å². The van der Waals surface area contributed by atoms with Crippen LogP contribution in [0, 0.1) is 0 Å². The van der Waals surface area contributed by atoms with E-state index in [9.17, 15) is 0 Å². The fourth-order valence-corrected chi connectivity index (χ4v) is 2.10. The third-order valence-corrected chi connectivity index (χ3v) is 3.15. The molecule has 1 fully saturated rings. The molecule has 0 radical (unpaired) electrons. The van der Waals surface area contributed by atoms with E-state index in [2.05, 4.69) is 9.38 Å². The first-order valence-corrected chi connectivity index (χ1v) is 5.54. The molecule has 1 aliphatic carbocycles. The average molecular weight is 222 g/mol. The molecule has 1 saturated carbocycles. The van der Waals surface area contributed by atoms with Crippen LogP contribution >= 0.6 is 11.6 Å². The van der Waals surface area contributed by atoms with Gasteiger partial charge in [0.05, 0.1) is 5.52 Å². The molecule has 2 aromatic rings. The predicted molar refractivity (Wildman–Crippen MR) is 60.1 cm³/mol. The van der Waals surface area contributed by atoms with Crippen molar-refractivity contribution in [1.29, 1.82) is 0 Å². The van der Waals surface area contributed by atoms with Crippen molar-refractivity contribution in [2.24, 2.45) is 5.73 Å². The largest absolute Gasteiger partial charge is 0.326 e. The van der Waals surface area contributed by atoms with Crippen molar-refractivity contribution in [3.05, 3.63) is 34.9 Å². The van der Waals surface area contributed by atoms with Gasteiger partial charge >= 0.3 is 0 Å². The molecule has 3 rings (SSSR count). The van der Waals surface area contributed by atoms with Crippen LogP contribution in [-0.4, -0.2) is 9.38 Å². The van der Waals surface area contributed by atoms with Crippen LogP contribution in [0.2, 0.25) is 5.15 Å². The molecule has 0 unspecified atom stereocenters. The molecule has 0 spiro atoms. The van der Waals surface area contributed by atoms with Crippen molar-refractivity contribution in [3.8, 4) is 0 Å². The van der Waals surface area contributed by atoms with E-state index in [0.29, 0.717) is 17.6 Å². The molecule has 15 heavy (non-hydrogen) atoms. The summed E-state index contributed by atoms with van der Waals surface area (Å²) in [6.07, 6.45) is 4.48. The number of hydrogen-bond acceptors (Lipinski definition) is 2. The molecule has 78 valence electrons. The van der Waals surface area contributed by atoms with Crippen LogP contribution in [0.15, 0.2) is 18.3 Å². The second kappa shape index (κ2) is 3.22. The first-order valence-electron chi connectivity index (χ1n) is 5.16. The van der Waals surface area contributed by atoms with Crippen LogP contribution in [0.4, 0.5) is 0 Å². The summed E-state index contributed by atoms with van der Waals surface area (Å²) in [5.41, 5.74) is 7.66. The molecular formula is C11H12ClN3. The van der Waals surface area contributed by atoms with E-state index in [-0.39, 0.29) is 0 Å². The van der Waals surface area contributed by atoms with E-state index in [1.54, 1.807) is 0 Å². The van der Waals surface area contributed by atoms with Crippen LogP contribution in [0.25, 0.3) is 5.52 Å². The molecule has 3 nitrogen and oxygen atoms in total. The molecule has 0 saturated heterocycles. The van der Waals surface area contributed by atoms with Crippen LogP contribution in [0.1, 0.15) is 30.1 Å². The summed E-state index contributed by atoms with van der Waals surface area (Å²) in [6.45, 7) is 0.538. The summed E-state index contributed by atoms with van der Waals surface area (Å²) < 4.78 is 2.08. The normalized spacial score (nSPS) is 16.1. The summed E-state index contributed by atoms with van der Waals surface area (Å²) in [6, 6.07) is 4.04. The lowest BCUT2D eigenvalue weighted by molar-refractivity contribution is 0.916. The van der Waals surface area contributed by atoms with Gasteiger partial charge in [0.2, 0.25) is 0 Å². The number of nitrogens with two attached hydrogens (primary N) is 1. The molecule has 0 atom stereocenters. The van der Waals surface area contributed by atoms with Gasteiger partial charge in [-0.3, -0.25) is 0 Å². The van der Waals surface area contributed by atoms with Gasteiger partial charge < -0.3 is 10.1 Å². The van der Waals surface area contributed by atoms with E-state index >= 15 is 0 Å². The smallest absolute Gasteiger partial charge is 0.155 e. The summed E-state index contributed by atoms with van der Waals surface area (Å²) >= 11 is 6.11. The molecule has 2 N–H and O–H groups in total. The molecular weight excluding hydrogens is 210 g/mol. The van der Waals surface area contributed by atoms with Gasteiger partial charge in [-0.05, 0) is 30.5 Å². The van der Waals surface area contributed by atoms with Gasteiger partial charge in [-0.25, -0.2) is 4.98 Å². The zero-order valence-corrected chi connectivity index (χ0v) is 9.04. The molecule has 0 bridgehead atoms. The van der Waals surface area contributed by atoms with Crippen LogP contribution in [-0.2, 0) is 6.54 Å². The highest BCUT2D eigenvalue weighted by molar-refractivity contribution is 6.32. The van der Waals surface area contributed by atoms with Crippen molar-refractivity contribution in [2.75, 3.05) is 0 Å². The van der Waals surface area contributed by atoms with Crippen molar-refractivity contribution in [2.45, 2.75) is 25.3 Å². The molecule has 0 aromatic carbocycles. The highest BCUT2D eigenvalue weighted by Gasteiger charge is 2.28. The predicted octanol–water partition coefficient (Wildman–Crippen LogP) is 2.32. The second-order valence-electron chi connectivity index (χ2n) is 4.03.